The number of aromatic nitrogens is 2. The quantitative estimate of drug-likeness (QED) is 0.898. The summed E-state index contributed by atoms with van der Waals surface area (Å²) in [6.07, 6.45) is 6.00. The minimum absolute atomic E-state index is 0.294. The van der Waals surface area contributed by atoms with Crippen LogP contribution in [0.15, 0.2) is 30.6 Å². The third-order valence-electron chi connectivity index (χ3n) is 3.48. The van der Waals surface area contributed by atoms with Crippen molar-refractivity contribution in [3.8, 4) is 5.75 Å². The Balaban J connectivity index is 1.89. The van der Waals surface area contributed by atoms with Gasteiger partial charge in [0.05, 0.1) is 24.5 Å². The van der Waals surface area contributed by atoms with Crippen LogP contribution in [0, 0.1) is 6.92 Å². The molecule has 2 heterocycles. The Bertz CT molecular complexity index is 577. The van der Waals surface area contributed by atoms with E-state index < -0.39 is 0 Å². The summed E-state index contributed by atoms with van der Waals surface area (Å²) in [6, 6.07) is 6.73. The maximum Gasteiger partial charge on any atom is 0.124 e. The highest BCUT2D eigenvalue weighted by Gasteiger charge is 2.20. The molecule has 0 spiro atoms. The number of hydrogen-bond donors (Lipinski definition) is 1. The molecule has 1 atom stereocenters. The molecule has 0 fully saturated rings. The maximum absolute atomic E-state index is 5.84. The average Bonchev–Trinajstić information content (AvgIpc) is 2.68. The standard InChI is InChI=1S/C15H19N3O/c1-11-5-6-13-14(4-3-7-19-15(13)8-11)17-12-9-16-18(2)10-12/h5-6,8-10,14,17H,3-4,7H2,1-2H3/t14-/m1/s1. The van der Waals surface area contributed by atoms with E-state index in [0.717, 1.165) is 30.9 Å². The molecule has 3 rings (SSSR count). The number of nitrogens with zero attached hydrogens (tertiary/aromatic N) is 2. The third kappa shape index (κ3) is 2.57. The van der Waals surface area contributed by atoms with E-state index in [-0.39, 0.29) is 0 Å². The van der Waals surface area contributed by atoms with Crippen molar-refractivity contribution in [2.45, 2.75) is 25.8 Å². The zero-order valence-electron chi connectivity index (χ0n) is 11.4. The Hall–Kier alpha value is -1.97. The molecular formula is C15H19N3O. The van der Waals surface area contributed by atoms with Gasteiger partial charge in [0.1, 0.15) is 5.75 Å². The second-order valence-corrected chi connectivity index (χ2v) is 5.13. The molecule has 1 aliphatic rings. The Morgan fingerprint density at radius 2 is 2.32 bits per heavy atom. The van der Waals surface area contributed by atoms with Crippen LogP contribution < -0.4 is 10.1 Å². The van der Waals surface area contributed by atoms with Crippen molar-refractivity contribution in [3.05, 3.63) is 41.7 Å². The summed E-state index contributed by atoms with van der Waals surface area (Å²) in [7, 11) is 1.93. The second-order valence-electron chi connectivity index (χ2n) is 5.13. The van der Waals surface area contributed by atoms with Crippen molar-refractivity contribution in [1.29, 1.82) is 0 Å². The molecule has 0 radical (unpaired) electrons. The summed E-state index contributed by atoms with van der Waals surface area (Å²) in [6.45, 7) is 2.89. The number of hydrogen-bond acceptors (Lipinski definition) is 3. The van der Waals surface area contributed by atoms with Gasteiger partial charge in [-0.15, -0.1) is 0 Å². The van der Waals surface area contributed by atoms with Gasteiger partial charge in [-0.3, -0.25) is 4.68 Å². The molecule has 0 unspecified atom stereocenters. The largest absolute Gasteiger partial charge is 0.493 e. The summed E-state index contributed by atoms with van der Waals surface area (Å²) in [5.41, 5.74) is 3.54. The fraction of sp³-hybridized carbons (Fsp3) is 0.400. The van der Waals surface area contributed by atoms with E-state index in [1.807, 2.05) is 24.1 Å². The van der Waals surface area contributed by atoms with Crippen LogP contribution in [0.3, 0.4) is 0 Å². The molecule has 19 heavy (non-hydrogen) atoms. The summed E-state index contributed by atoms with van der Waals surface area (Å²) in [5.74, 6) is 1.01. The lowest BCUT2D eigenvalue weighted by molar-refractivity contribution is 0.316. The van der Waals surface area contributed by atoms with Gasteiger partial charge in [-0.25, -0.2) is 0 Å². The Morgan fingerprint density at radius 3 is 3.11 bits per heavy atom. The molecule has 1 aromatic heterocycles. The van der Waals surface area contributed by atoms with Gasteiger partial charge in [0.2, 0.25) is 0 Å². The molecule has 1 aromatic carbocycles. The lowest BCUT2D eigenvalue weighted by Gasteiger charge is -2.18. The molecule has 0 aliphatic carbocycles. The van der Waals surface area contributed by atoms with Crippen molar-refractivity contribution >= 4 is 5.69 Å². The van der Waals surface area contributed by atoms with E-state index in [0.29, 0.717) is 6.04 Å². The maximum atomic E-state index is 5.84. The van der Waals surface area contributed by atoms with Crippen LogP contribution in [0.4, 0.5) is 5.69 Å². The smallest absolute Gasteiger partial charge is 0.124 e. The fourth-order valence-corrected chi connectivity index (χ4v) is 2.53. The third-order valence-corrected chi connectivity index (χ3v) is 3.48. The second kappa shape index (κ2) is 4.96. The van der Waals surface area contributed by atoms with E-state index in [9.17, 15) is 0 Å². The van der Waals surface area contributed by atoms with E-state index in [4.69, 9.17) is 4.74 Å². The summed E-state index contributed by atoms with van der Waals surface area (Å²) >= 11 is 0. The topological polar surface area (TPSA) is 39.1 Å². The molecule has 1 N–H and O–H groups in total. The molecule has 2 aromatic rings. The molecule has 100 valence electrons. The number of anilines is 1. The van der Waals surface area contributed by atoms with Crippen molar-refractivity contribution in [2.75, 3.05) is 11.9 Å². The van der Waals surface area contributed by atoms with Gasteiger partial charge in [0.25, 0.3) is 0 Å². The number of nitrogens with one attached hydrogen (secondary N) is 1. The Morgan fingerprint density at radius 1 is 1.42 bits per heavy atom. The van der Waals surface area contributed by atoms with Gasteiger partial charge >= 0.3 is 0 Å². The highest BCUT2D eigenvalue weighted by Crippen LogP contribution is 2.34. The van der Waals surface area contributed by atoms with E-state index in [1.54, 1.807) is 0 Å². The van der Waals surface area contributed by atoms with E-state index in [1.165, 1.54) is 11.1 Å². The molecule has 4 heteroatoms. The fourth-order valence-electron chi connectivity index (χ4n) is 2.53. The number of benzene rings is 1. The first-order valence-corrected chi connectivity index (χ1v) is 6.71. The number of fused-ring (bicyclic) bond motifs is 1. The normalized spacial score (nSPS) is 18.3. The molecule has 0 bridgehead atoms. The number of aryl methyl sites for hydroxylation is 2. The molecule has 0 amide bonds. The summed E-state index contributed by atoms with van der Waals surface area (Å²) in [4.78, 5) is 0. The van der Waals surface area contributed by atoms with Crippen LogP contribution in [0.25, 0.3) is 0 Å². The van der Waals surface area contributed by atoms with Crippen LogP contribution in [0.2, 0.25) is 0 Å². The zero-order chi connectivity index (χ0) is 13.2. The monoisotopic (exact) mass is 257 g/mol. The molecule has 4 nitrogen and oxygen atoms in total. The number of ether oxygens (including phenoxy) is 1. The first-order chi connectivity index (χ1) is 9.22. The zero-order valence-corrected chi connectivity index (χ0v) is 11.4. The Kier molecular flexibility index (Phi) is 3.15. The van der Waals surface area contributed by atoms with E-state index in [2.05, 4.69) is 35.5 Å². The van der Waals surface area contributed by atoms with Crippen LogP contribution in [-0.4, -0.2) is 16.4 Å². The number of rotatable bonds is 2. The highest BCUT2D eigenvalue weighted by atomic mass is 16.5. The molecular weight excluding hydrogens is 238 g/mol. The van der Waals surface area contributed by atoms with Gasteiger partial charge < -0.3 is 10.1 Å². The Labute approximate surface area is 113 Å². The summed E-state index contributed by atoms with van der Waals surface area (Å²) in [5, 5.41) is 7.75. The van der Waals surface area contributed by atoms with Crippen molar-refractivity contribution in [2.24, 2.45) is 7.05 Å². The van der Waals surface area contributed by atoms with Gasteiger partial charge in [0, 0.05) is 18.8 Å². The molecule has 0 saturated heterocycles. The first kappa shape index (κ1) is 12.1. The van der Waals surface area contributed by atoms with Crippen LogP contribution in [0.5, 0.6) is 5.75 Å². The minimum Gasteiger partial charge on any atom is -0.493 e. The molecule has 1 aliphatic heterocycles. The highest BCUT2D eigenvalue weighted by molar-refractivity contribution is 5.47. The first-order valence-electron chi connectivity index (χ1n) is 6.71. The van der Waals surface area contributed by atoms with Crippen LogP contribution in [0.1, 0.15) is 30.0 Å². The summed E-state index contributed by atoms with van der Waals surface area (Å²) < 4.78 is 7.65. The van der Waals surface area contributed by atoms with Crippen molar-refractivity contribution in [1.82, 2.24) is 9.78 Å². The van der Waals surface area contributed by atoms with E-state index >= 15 is 0 Å². The van der Waals surface area contributed by atoms with Crippen LogP contribution in [-0.2, 0) is 7.05 Å². The van der Waals surface area contributed by atoms with Crippen molar-refractivity contribution < 1.29 is 4.74 Å². The molecule has 0 saturated carbocycles. The van der Waals surface area contributed by atoms with Crippen molar-refractivity contribution in [3.63, 3.8) is 0 Å². The lowest BCUT2D eigenvalue weighted by atomic mass is 10.0. The van der Waals surface area contributed by atoms with Gasteiger partial charge in [-0.05, 0) is 31.4 Å². The van der Waals surface area contributed by atoms with Gasteiger partial charge in [-0.1, -0.05) is 12.1 Å². The predicted molar refractivity (Wildman–Crippen MR) is 75.5 cm³/mol. The average molecular weight is 257 g/mol. The predicted octanol–water partition coefficient (Wildman–Crippen LogP) is 3.05. The van der Waals surface area contributed by atoms with Gasteiger partial charge in [-0.2, -0.15) is 5.10 Å². The minimum atomic E-state index is 0.294. The van der Waals surface area contributed by atoms with Crippen LogP contribution >= 0.6 is 0 Å². The SMILES string of the molecule is Cc1ccc2c(c1)OCCC[C@H]2Nc1cnn(C)c1. The van der Waals surface area contributed by atoms with Gasteiger partial charge in [0.15, 0.2) is 0 Å². The lowest BCUT2D eigenvalue weighted by Crippen LogP contribution is -2.09.